The van der Waals surface area contributed by atoms with Gasteiger partial charge in [0.05, 0.1) is 13.2 Å². The number of rotatable bonds is 21. The largest absolute Gasteiger partial charge is 0.466 e. The molecule has 4 nitrogen and oxygen atoms in total. The predicted octanol–water partition coefficient (Wildman–Crippen LogP) is 8.30. The first-order valence-electron chi connectivity index (χ1n) is 14.0. The third-order valence-electron chi connectivity index (χ3n) is 6.73. The highest BCUT2D eigenvalue weighted by Crippen LogP contribution is 2.23. The standard InChI is InChI=1S/C28H52O4/c1-2-3-4-5-6-7-8-9-10-11-12-13-19-24-31-27(29)22-17-18-23-28(30)32-25-26-20-15-14-16-21-26/h26H,2-25H2,1H3. The quantitative estimate of drug-likeness (QED) is 0.130. The van der Waals surface area contributed by atoms with Crippen molar-refractivity contribution in [3.63, 3.8) is 0 Å². The second kappa shape index (κ2) is 21.8. The van der Waals surface area contributed by atoms with Gasteiger partial charge in [0.2, 0.25) is 0 Å². The van der Waals surface area contributed by atoms with Crippen molar-refractivity contribution in [3.05, 3.63) is 0 Å². The van der Waals surface area contributed by atoms with Crippen molar-refractivity contribution in [1.82, 2.24) is 0 Å². The summed E-state index contributed by atoms with van der Waals surface area (Å²) in [4.78, 5) is 23.6. The van der Waals surface area contributed by atoms with Crippen molar-refractivity contribution < 1.29 is 19.1 Å². The van der Waals surface area contributed by atoms with E-state index in [1.54, 1.807) is 0 Å². The minimum atomic E-state index is -0.125. The minimum absolute atomic E-state index is 0.115. The minimum Gasteiger partial charge on any atom is -0.466 e. The highest BCUT2D eigenvalue weighted by Gasteiger charge is 2.15. The molecule has 0 unspecified atom stereocenters. The van der Waals surface area contributed by atoms with E-state index in [2.05, 4.69) is 6.92 Å². The summed E-state index contributed by atoms with van der Waals surface area (Å²) in [7, 11) is 0. The average molecular weight is 453 g/mol. The molecule has 0 saturated heterocycles. The van der Waals surface area contributed by atoms with E-state index in [9.17, 15) is 9.59 Å². The Kier molecular flexibility index (Phi) is 19.7. The molecular weight excluding hydrogens is 400 g/mol. The van der Waals surface area contributed by atoms with Gasteiger partial charge in [-0.3, -0.25) is 9.59 Å². The molecule has 0 aromatic rings. The van der Waals surface area contributed by atoms with Crippen LogP contribution in [0.1, 0.15) is 148 Å². The van der Waals surface area contributed by atoms with Crippen LogP contribution in [0.2, 0.25) is 0 Å². The number of carbonyl (C=O) groups excluding carboxylic acids is 2. The SMILES string of the molecule is CCCCCCCCCCCCCCCOC(=O)CCCCC(=O)OCC1CCCCC1. The van der Waals surface area contributed by atoms with E-state index in [0.29, 0.717) is 44.8 Å². The first-order chi connectivity index (χ1) is 15.7. The topological polar surface area (TPSA) is 52.6 Å². The smallest absolute Gasteiger partial charge is 0.305 e. The summed E-state index contributed by atoms with van der Waals surface area (Å²) < 4.78 is 10.7. The van der Waals surface area contributed by atoms with E-state index in [-0.39, 0.29) is 11.9 Å². The van der Waals surface area contributed by atoms with Gasteiger partial charge in [-0.15, -0.1) is 0 Å². The first kappa shape index (κ1) is 29.0. The molecule has 0 heterocycles. The van der Waals surface area contributed by atoms with E-state index < -0.39 is 0 Å². The van der Waals surface area contributed by atoms with Crippen LogP contribution in [0.3, 0.4) is 0 Å². The molecule has 4 heteroatoms. The average Bonchev–Trinajstić information content (AvgIpc) is 2.81. The summed E-state index contributed by atoms with van der Waals surface area (Å²) in [6, 6.07) is 0. The molecule has 0 atom stereocenters. The number of esters is 2. The Bertz CT molecular complexity index is 443. The normalized spacial score (nSPS) is 14.4. The maximum atomic E-state index is 11.8. The summed E-state index contributed by atoms with van der Waals surface area (Å²) in [6.07, 6.45) is 25.6. The van der Waals surface area contributed by atoms with E-state index >= 15 is 0 Å². The van der Waals surface area contributed by atoms with Crippen LogP contribution in [-0.2, 0) is 19.1 Å². The Morgan fingerprint density at radius 3 is 1.59 bits per heavy atom. The zero-order valence-corrected chi connectivity index (χ0v) is 21.2. The number of hydrogen-bond donors (Lipinski definition) is 0. The Morgan fingerprint density at radius 2 is 1.06 bits per heavy atom. The van der Waals surface area contributed by atoms with Crippen molar-refractivity contribution >= 4 is 11.9 Å². The van der Waals surface area contributed by atoms with Gasteiger partial charge in [0.15, 0.2) is 0 Å². The molecule has 0 aromatic heterocycles. The fraction of sp³-hybridized carbons (Fsp3) is 0.929. The van der Waals surface area contributed by atoms with Gasteiger partial charge in [-0.2, -0.15) is 0 Å². The lowest BCUT2D eigenvalue weighted by Gasteiger charge is -2.20. The van der Waals surface area contributed by atoms with Gasteiger partial charge in [0.25, 0.3) is 0 Å². The second-order valence-corrected chi connectivity index (χ2v) is 9.86. The Morgan fingerprint density at radius 1 is 0.594 bits per heavy atom. The van der Waals surface area contributed by atoms with Crippen molar-refractivity contribution in [1.29, 1.82) is 0 Å². The molecule has 1 aliphatic rings. The van der Waals surface area contributed by atoms with Gasteiger partial charge in [0.1, 0.15) is 0 Å². The van der Waals surface area contributed by atoms with Gasteiger partial charge in [-0.05, 0) is 38.0 Å². The maximum absolute atomic E-state index is 11.8. The fourth-order valence-electron chi connectivity index (χ4n) is 4.55. The molecular formula is C28H52O4. The maximum Gasteiger partial charge on any atom is 0.305 e. The van der Waals surface area contributed by atoms with Crippen LogP contribution in [0.5, 0.6) is 0 Å². The lowest BCUT2D eigenvalue weighted by Crippen LogP contribution is -2.16. The van der Waals surface area contributed by atoms with Crippen LogP contribution in [0, 0.1) is 5.92 Å². The third-order valence-corrected chi connectivity index (χ3v) is 6.73. The number of ether oxygens (including phenoxy) is 2. The molecule has 1 aliphatic carbocycles. The molecule has 32 heavy (non-hydrogen) atoms. The molecule has 0 aromatic carbocycles. The summed E-state index contributed by atoms with van der Waals surface area (Å²) >= 11 is 0. The molecule has 0 N–H and O–H groups in total. The van der Waals surface area contributed by atoms with Crippen molar-refractivity contribution in [2.75, 3.05) is 13.2 Å². The molecule has 0 radical (unpaired) electrons. The zero-order valence-electron chi connectivity index (χ0n) is 21.2. The summed E-state index contributed by atoms with van der Waals surface area (Å²) in [5.41, 5.74) is 0. The van der Waals surface area contributed by atoms with E-state index in [1.165, 1.54) is 103 Å². The Hall–Kier alpha value is -1.06. The molecule has 0 spiro atoms. The second-order valence-electron chi connectivity index (χ2n) is 9.86. The molecule has 0 amide bonds. The summed E-state index contributed by atoms with van der Waals surface area (Å²) in [5, 5.41) is 0. The molecule has 1 saturated carbocycles. The molecule has 0 bridgehead atoms. The van der Waals surface area contributed by atoms with Gasteiger partial charge in [-0.25, -0.2) is 0 Å². The Labute approximate surface area is 198 Å². The van der Waals surface area contributed by atoms with Crippen LogP contribution in [0.25, 0.3) is 0 Å². The van der Waals surface area contributed by atoms with Gasteiger partial charge in [-0.1, -0.05) is 103 Å². The molecule has 1 rings (SSSR count). The molecule has 188 valence electrons. The number of carbonyl (C=O) groups is 2. The van der Waals surface area contributed by atoms with Gasteiger partial charge < -0.3 is 9.47 Å². The highest BCUT2D eigenvalue weighted by molar-refractivity contribution is 5.70. The van der Waals surface area contributed by atoms with Crippen LogP contribution >= 0.6 is 0 Å². The molecule has 1 fully saturated rings. The van der Waals surface area contributed by atoms with Crippen LogP contribution in [0.4, 0.5) is 0 Å². The van der Waals surface area contributed by atoms with E-state index in [0.717, 1.165) is 12.8 Å². The predicted molar refractivity (Wildman–Crippen MR) is 133 cm³/mol. The Balaban J connectivity index is 1.77. The highest BCUT2D eigenvalue weighted by atomic mass is 16.5. The van der Waals surface area contributed by atoms with Crippen LogP contribution in [-0.4, -0.2) is 25.2 Å². The monoisotopic (exact) mass is 452 g/mol. The van der Waals surface area contributed by atoms with Crippen molar-refractivity contribution in [2.24, 2.45) is 5.92 Å². The van der Waals surface area contributed by atoms with E-state index in [1.807, 2.05) is 0 Å². The zero-order chi connectivity index (χ0) is 23.1. The third kappa shape index (κ3) is 18.5. The van der Waals surface area contributed by atoms with Gasteiger partial charge in [0, 0.05) is 12.8 Å². The lowest BCUT2D eigenvalue weighted by atomic mass is 9.90. The fourth-order valence-corrected chi connectivity index (χ4v) is 4.55. The lowest BCUT2D eigenvalue weighted by molar-refractivity contribution is -0.147. The van der Waals surface area contributed by atoms with Crippen LogP contribution < -0.4 is 0 Å². The van der Waals surface area contributed by atoms with Crippen molar-refractivity contribution in [3.8, 4) is 0 Å². The van der Waals surface area contributed by atoms with E-state index in [4.69, 9.17) is 9.47 Å². The van der Waals surface area contributed by atoms with Gasteiger partial charge >= 0.3 is 11.9 Å². The van der Waals surface area contributed by atoms with Crippen LogP contribution in [0.15, 0.2) is 0 Å². The first-order valence-corrected chi connectivity index (χ1v) is 14.0. The number of unbranched alkanes of at least 4 members (excludes halogenated alkanes) is 13. The number of hydrogen-bond acceptors (Lipinski definition) is 4. The molecule has 0 aliphatic heterocycles. The summed E-state index contributed by atoms with van der Waals surface area (Å²) in [6.45, 7) is 3.39. The summed E-state index contributed by atoms with van der Waals surface area (Å²) in [5.74, 6) is 0.322. The van der Waals surface area contributed by atoms with Crippen molar-refractivity contribution in [2.45, 2.75) is 148 Å².